The molecule has 232 valence electrons. The Kier molecular flexibility index (Phi) is 6.20. The first-order chi connectivity index (χ1) is 21.1. The molecule has 5 aliphatic heterocycles. The number of carbonyl (C=O) groups is 3. The van der Waals surface area contributed by atoms with E-state index < -0.39 is 47.7 Å². The van der Waals surface area contributed by atoms with E-state index in [-0.39, 0.29) is 37.0 Å². The number of benzene rings is 1. The third kappa shape index (κ3) is 3.92. The largest absolute Gasteiger partial charge is 0.374 e. The summed E-state index contributed by atoms with van der Waals surface area (Å²) in [4.78, 5) is 46.6. The maximum absolute atomic E-state index is 14.2. The lowest BCUT2D eigenvalue weighted by Crippen LogP contribution is -2.72. The van der Waals surface area contributed by atoms with Crippen LogP contribution in [0.3, 0.4) is 0 Å². The summed E-state index contributed by atoms with van der Waals surface area (Å²) in [5, 5.41) is 29.1. The predicted molar refractivity (Wildman–Crippen MR) is 157 cm³/mol. The Hall–Kier alpha value is -3.51. The van der Waals surface area contributed by atoms with E-state index in [2.05, 4.69) is 47.0 Å². The minimum absolute atomic E-state index is 0.130. The summed E-state index contributed by atoms with van der Waals surface area (Å²) in [6.07, 6.45) is 9.81. The van der Waals surface area contributed by atoms with Crippen LogP contribution in [0, 0.1) is 23.7 Å². The van der Waals surface area contributed by atoms with Crippen LogP contribution in [0.2, 0.25) is 0 Å². The van der Waals surface area contributed by atoms with Gasteiger partial charge in [0.2, 0.25) is 17.5 Å². The predicted octanol–water partition coefficient (Wildman–Crippen LogP) is 0.771. The van der Waals surface area contributed by atoms with E-state index in [1.807, 2.05) is 30.3 Å². The molecule has 8 rings (SSSR count). The number of amides is 3. The van der Waals surface area contributed by atoms with Crippen molar-refractivity contribution in [2.24, 2.45) is 23.7 Å². The molecule has 1 aromatic carbocycles. The highest BCUT2D eigenvalue weighted by molar-refractivity contribution is 5.97. The van der Waals surface area contributed by atoms with E-state index in [4.69, 9.17) is 4.74 Å². The summed E-state index contributed by atoms with van der Waals surface area (Å²) in [6, 6.07) is 7.49. The standard InChI is InChI=1S/C33H39N5O6/c1-32(35-29(40)20-14-22-21-9-6-10-23-28(21)19(16-34-23)15-24(22)36(2)17-20)31(42)38-25(13-18-7-4-3-5-8-18)30(41)37-26(11-12-27(37)39)33(38,43)44-32/h3-10,16,20-22,24-28,34,39,43H,11-15,17H2,1-2H3,(H,35,40)/t20-,21?,22?,24-,25+,26+,27?,28?,32-,33+/m1/s1. The first kappa shape index (κ1) is 28.0. The van der Waals surface area contributed by atoms with Crippen LogP contribution < -0.4 is 10.6 Å². The summed E-state index contributed by atoms with van der Waals surface area (Å²) >= 11 is 0. The maximum Gasteiger partial charge on any atom is 0.280 e. The highest BCUT2D eigenvalue weighted by Crippen LogP contribution is 2.52. The van der Waals surface area contributed by atoms with Gasteiger partial charge >= 0.3 is 0 Å². The Bertz CT molecular complexity index is 1510. The van der Waals surface area contributed by atoms with Crippen LogP contribution in [-0.4, -0.2) is 92.2 Å². The smallest absolute Gasteiger partial charge is 0.280 e. The average Bonchev–Trinajstić information content (AvgIpc) is 3.66. The van der Waals surface area contributed by atoms with Gasteiger partial charge in [0.05, 0.1) is 5.92 Å². The fourth-order valence-corrected chi connectivity index (χ4v) is 9.20. The molecule has 7 aliphatic rings. The lowest BCUT2D eigenvalue weighted by Gasteiger charge is -2.51. The Morgan fingerprint density at radius 2 is 2.00 bits per heavy atom. The number of piperazine rings is 1. The van der Waals surface area contributed by atoms with Gasteiger partial charge in [-0.3, -0.25) is 24.0 Å². The zero-order chi connectivity index (χ0) is 30.5. The van der Waals surface area contributed by atoms with Gasteiger partial charge in [-0.1, -0.05) is 42.5 Å². The first-order valence-electron chi connectivity index (χ1n) is 15.8. The van der Waals surface area contributed by atoms with Gasteiger partial charge in [-0.25, -0.2) is 0 Å². The Balaban J connectivity index is 1.06. The summed E-state index contributed by atoms with van der Waals surface area (Å²) < 4.78 is 6.20. The van der Waals surface area contributed by atoms with Crippen molar-refractivity contribution >= 4 is 17.7 Å². The molecule has 4 unspecified atom stereocenters. The van der Waals surface area contributed by atoms with Crippen LogP contribution in [0.1, 0.15) is 38.2 Å². The number of aliphatic hydroxyl groups is 2. The highest BCUT2D eigenvalue weighted by Gasteiger charge is 2.71. The van der Waals surface area contributed by atoms with E-state index >= 15 is 0 Å². The van der Waals surface area contributed by atoms with Crippen molar-refractivity contribution in [1.29, 1.82) is 0 Å². The quantitative estimate of drug-likeness (QED) is 0.398. The van der Waals surface area contributed by atoms with Crippen molar-refractivity contribution in [3.63, 3.8) is 0 Å². The molecule has 11 nitrogen and oxygen atoms in total. The van der Waals surface area contributed by atoms with Gasteiger partial charge in [0.1, 0.15) is 18.3 Å². The Morgan fingerprint density at radius 3 is 2.80 bits per heavy atom. The van der Waals surface area contributed by atoms with Gasteiger partial charge < -0.3 is 30.6 Å². The van der Waals surface area contributed by atoms with Crippen molar-refractivity contribution in [2.45, 2.75) is 75.0 Å². The van der Waals surface area contributed by atoms with Crippen LogP contribution >= 0.6 is 0 Å². The van der Waals surface area contributed by atoms with E-state index in [0.29, 0.717) is 24.9 Å². The van der Waals surface area contributed by atoms with Crippen LogP contribution in [0.5, 0.6) is 0 Å². The number of fused-ring (bicyclic) bond motifs is 5. The van der Waals surface area contributed by atoms with Gasteiger partial charge in [0.15, 0.2) is 0 Å². The van der Waals surface area contributed by atoms with Gasteiger partial charge in [-0.05, 0) is 68.7 Å². The Labute approximate surface area is 256 Å². The molecule has 0 spiro atoms. The molecule has 4 N–H and O–H groups in total. The molecule has 1 aromatic rings. The molecular formula is C33H39N5O6. The van der Waals surface area contributed by atoms with Gasteiger partial charge in [-0.2, -0.15) is 0 Å². The van der Waals surface area contributed by atoms with E-state index in [9.17, 15) is 24.6 Å². The number of allylic oxidation sites excluding steroid dienone is 4. The van der Waals surface area contributed by atoms with Crippen LogP contribution in [-0.2, 0) is 25.5 Å². The lowest BCUT2D eigenvalue weighted by molar-refractivity contribution is -0.319. The molecule has 0 bridgehead atoms. The second-order valence-electron chi connectivity index (χ2n) is 13.7. The van der Waals surface area contributed by atoms with Gasteiger partial charge in [0.25, 0.3) is 11.8 Å². The monoisotopic (exact) mass is 601 g/mol. The van der Waals surface area contributed by atoms with Crippen molar-refractivity contribution in [2.75, 3.05) is 13.6 Å². The van der Waals surface area contributed by atoms with Crippen LogP contribution in [0.4, 0.5) is 0 Å². The number of hydrogen-bond acceptors (Lipinski definition) is 8. The molecular weight excluding hydrogens is 562 g/mol. The van der Waals surface area contributed by atoms with Crippen molar-refractivity contribution in [3.05, 3.63) is 71.6 Å². The van der Waals surface area contributed by atoms with Crippen molar-refractivity contribution in [1.82, 2.24) is 25.3 Å². The van der Waals surface area contributed by atoms with Crippen LogP contribution in [0.25, 0.3) is 0 Å². The molecule has 10 atom stereocenters. The molecule has 0 radical (unpaired) electrons. The minimum atomic E-state index is -2.20. The molecule has 4 saturated heterocycles. The number of carbonyl (C=O) groups excluding carboxylic acids is 3. The Morgan fingerprint density at radius 1 is 1.20 bits per heavy atom. The third-order valence-electron chi connectivity index (χ3n) is 11.2. The van der Waals surface area contributed by atoms with Crippen LogP contribution in [0.15, 0.2) is 66.0 Å². The molecule has 3 amide bonds. The molecule has 5 fully saturated rings. The average molecular weight is 602 g/mol. The number of aliphatic hydroxyl groups excluding tert-OH is 1. The number of nitrogens with one attached hydrogen (secondary N) is 2. The fourth-order valence-electron chi connectivity index (χ4n) is 9.20. The molecule has 1 saturated carbocycles. The number of nitrogens with zero attached hydrogens (tertiary/aromatic N) is 3. The molecule has 5 heterocycles. The topological polar surface area (TPSA) is 135 Å². The van der Waals surface area contributed by atoms with Gasteiger partial charge in [-0.15, -0.1) is 0 Å². The number of ether oxygens (including phenoxy) is 1. The number of rotatable bonds is 4. The fraction of sp³-hybridized carbons (Fsp3) is 0.545. The summed E-state index contributed by atoms with van der Waals surface area (Å²) in [6.45, 7) is 1.99. The molecule has 0 aromatic heterocycles. The summed E-state index contributed by atoms with van der Waals surface area (Å²) in [7, 11) is 2.06. The van der Waals surface area contributed by atoms with E-state index in [1.165, 1.54) is 23.1 Å². The van der Waals surface area contributed by atoms with Crippen molar-refractivity contribution < 1.29 is 29.3 Å². The highest BCUT2D eigenvalue weighted by atomic mass is 16.7. The number of hydrogen-bond donors (Lipinski definition) is 4. The van der Waals surface area contributed by atoms with Crippen molar-refractivity contribution in [3.8, 4) is 0 Å². The van der Waals surface area contributed by atoms with E-state index in [0.717, 1.165) is 16.9 Å². The third-order valence-corrected chi connectivity index (χ3v) is 11.2. The normalized spacial score (nSPS) is 42.2. The van der Waals surface area contributed by atoms with E-state index in [1.54, 1.807) is 0 Å². The first-order valence-corrected chi connectivity index (χ1v) is 15.8. The lowest BCUT2D eigenvalue weighted by atomic mass is 9.61. The molecule has 2 aliphatic carbocycles. The molecule has 44 heavy (non-hydrogen) atoms. The zero-order valence-electron chi connectivity index (χ0n) is 24.9. The molecule has 11 heteroatoms. The second-order valence-corrected chi connectivity index (χ2v) is 13.7. The van der Waals surface area contributed by atoms with Gasteiger partial charge in [0, 0.05) is 36.8 Å². The maximum atomic E-state index is 14.2. The summed E-state index contributed by atoms with van der Waals surface area (Å²) in [5.74, 6) is -3.15. The zero-order valence-corrected chi connectivity index (χ0v) is 24.9. The minimum Gasteiger partial charge on any atom is -0.374 e. The number of likely N-dealkylation sites (tertiary alicyclic amines) is 1. The summed E-state index contributed by atoms with van der Waals surface area (Å²) in [5.41, 5.74) is 1.53. The SMILES string of the molecule is CN1C[C@H](C(=O)N[C@]2(C)O[C@@]3(O)[C@@H]4CCC(O)N4C(=O)[C@H](Cc4ccccc4)N3C2=O)CC2C3C=CC=C4NC=C(C[C@H]21)C43. The number of piperidine rings is 1. The second kappa shape index (κ2) is 9.74.